The van der Waals surface area contributed by atoms with Gasteiger partial charge in [0.2, 0.25) is 0 Å². The van der Waals surface area contributed by atoms with E-state index in [1.165, 1.54) is 23.5 Å². The Bertz CT molecular complexity index is 696. The first-order valence-corrected chi connectivity index (χ1v) is 6.81. The minimum atomic E-state index is -0.602. The maximum absolute atomic E-state index is 13.1. The summed E-state index contributed by atoms with van der Waals surface area (Å²) >= 11 is 1.49. The highest BCUT2D eigenvalue weighted by molar-refractivity contribution is 7.19. The van der Waals surface area contributed by atoms with Gasteiger partial charge < -0.3 is 5.11 Å². The van der Waals surface area contributed by atoms with E-state index in [0.29, 0.717) is 6.42 Å². The Hall–Kier alpha value is -1.78. The van der Waals surface area contributed by atoms with Crippen molar-refractivity contribution in [3.8, 4) is 0 Å². The lowest BCUT2D eigenvalue weighted by Crippen LogP contribution is -2.00. The van der Waals surface area contributed by atoms with Gasteiger partial charge >= 0.3 is 0 Å². The van der Waals surface area contributed by atoms with Gasteiger partial charge in [-0.15, -0.1) is 11.3 Å². The quantitative estimate of drug-likeness (QED) is 0.789. The summed E-state index contributed by atoms with van der Waals surface area (Å²) in [4.78, 5) is 5.04. The molecule has 3 rings (SSSR count). The van der Waals surface area contributed by atoms with Gasteiger partial charge in [-0.25, -0.2) is 4.39 Å². The fourth-order valence-corrected chi connectivity index (χ4v) is 3.05. The molecule has 96 valence electrons. The third-order valence-electron chi connectivity index (χ3n) is 2.95. The lowest BCUT2D eigenvalue weighted by atomic mass is 10.1. The first-order chi connectivity index (χ1) is 9.22. The molecule has 0 aliphatic rings. The lowest BCUT2D eigenvalue weighted by molar-refractivity contribution is 0.181. The predicted molar refractivity (Wildman–Crippen MR) is 74.7 cm³/mol. The highest BCUT2D eigenvalue weighted by atomic mass is 32.1. The Kier molecular flexibility index (Phi) is 3.27. The maximum atomic E-state index is 13.1. The van der Waals surface area contributed by atoms with Crippen LogP contribution in [0.3, 0.4) is 0 Å². The molecule has 2 heterocycles. The zero-order valence-electron chi connectivity index (χ0n) is 10.1. The largest absolute Gasteiger partial charge is 0.387 e. The van der Waals surface area contributed by atoms with Gasteiger partial charge in [0.05, 0.1) is 6.10 Å². The molecule has 2 aromatic heterocycles. The number of halogens is 1. The zero-order chi connectivity index (χ0) is 13.2. The Labute approximate surface area is 114 Å². The number of pyridine rings is 1. The van der Waals surface area contributed by atoms with Gasteiger partial charge in [-0.05, 0) is 41.8 Å². The van der Waals surface area contributed by atoms with E-state index >= 15 is 0 Å². The van der Waals surface area contributed by atoms with Gasteiger partial charge in [-0.1, -0.05) is 6.07 Å². The van der Waals surface area contributed by atoms with Crippen molar-refractivity contribution in [3.63, 3.8) is 0 Å². The van der Waals surface area contributed by atoms with Crippen molar-refractivity contribution in [2.24, 2.45) is 0 Å². The molecule has 0 saturated heterocycles. The SMILES string of the molecule is OC(Cc1ccccn1)c1cc2cc(F)ccc2s1. The number of rotatable bonds is 3. The molecule has 2 nitrogen and oxygen atoms in total. The molecule has 0 amide bonds. The molecule has 0 bridgehead atoms. The Balaban J connectivity index is 1.87. The number of nitrogens with zero attached hydrogens (tertiary/aromatic N) is 1. The van der Waals surface area contributed by atoms with Crippen LogP contribution in [0.5, 0.6) is 0 Å². The van der Waals surface area contributed by atoms with Crippen molar-refractivity contribution in [1.82, 2.24) is 4.98 Å². The smallest absolute Gasteiger partial charge is 0.123 e. The Morgan fingerprint density at radius 2 is 2.11 bits per heavy atom. The Morgan fingerprint density at radius 3 is 2.89 bits per heavy atom. The molecule has 0 aliphatic heterocycles. The van der Waals surface area contributed by atoms with Gasteiger partial charge in [0.25, 0.3) is 0 Å². The van der Waals surface area contributed by atoms with Crippen molar-refractivity contribution in [1.29, 1.82) is 0 Å². The number of aliphatic hydroxyl groups is 1. The summed E-state index contributed by atoms with van der Waals surface area (Å²) in [5.74, 6) is -0.254. The molecule has 1 unspecified atom stereocenters. The second kappa shape index (κ2) is 5.07. The van der Waals surface area contributed by atoms with Gasteiger partial charge in [0, 0.05) is 27.9 Å². The number of aliphatic hydroxyl groups excluding tert-OH is 1. The molecule has 0 aliphatic carbocycles. The zero-order valence-corrected chi connectivity index (χ0v) is 10.9. The summed E-state index contributed by atoms with van der Waals surface area (Å²) in [6.07, 6.45) is 1.58. The van der Waals surface area contributed by atoms with Crippen LogP contribution in [0.15, 0.2) is 48.7 Å². The number of hydrogen-bond acceptors (Lipinski definition) is 3. The molecule has 1 atom stereocenters. The van der Waals surface area contributed by atoms with Crippen LogP contribution in [0.1, 0.15) is 16.7 Å². The summed E-state index contributed by atoms with van der Waals surface area (Å²) in [7, 11) is 0. The molecule has 0 saturated carbocycles. The molecular weight excluding hydrogens is 261 g/mol. The predicted octanol–water partition coefficient (Wildman–Crippen LogP) is 3.71. The van der Waals surface area contributed by atoms with E-state index < -0.39 is 6.10 Å². The summed E-state index contributed by atoms with van der Waals surface area (Å²) < 4.78 is 14.1. The Morgan fingerprint density at radius 1 is 1.21 bits per heavy atom. The van der Waals surface area contributed by atoms with Crippen LogP contribution >= 0.6 is 11.3 Å². The van der Waals surface area contributed by atoms with Crippen LogP contribution in [0.25, 0.3) is 10.1 Å². The van der Waals surface area contributed by atoms with E-state index in [4.69, 9.17) is 0 Å². The number of aromatic nitrogens is 1. The number of thiophene rings is 1. The normalized spacial score (nSPS) is 12.7. The van der Waals surface area contributed by atoms with E-state index in [1.54, 1.807) is 12.3 Å². The molecule has 4 heteroatoms. The van der Waals surface area contributed by atoms with Crippen molar-refractivity contribution in [2.75, 3.05) is 0 Å². The molecule has 0 spiro atoms. The molecule has 19 heavy (non-hydrogen) atoms. The van der Waals surface area contributed by atoms with Gasteiger partial charge in [0.1, 0.15) is 5.82 Å². The summed E-state index contributed by atoms with van der Waals surface area (Å²) in [6, 6.07) is 12.1. The third-order valence-corrected chi connectivity index (χ3v) is 4.17. The number of fused-ring (bicyclic) bond motifs is 1. The summed E-state index contributed by atoms with van der Waals surface area (Å²) in [6.45, 7) is 0. The molecule has 0 fully saturated rings. The fourth-order valence-electron chi connectivity index (χ4n) is 2.02. The standard InChI is InChI=1S/C15H12FNOS/c16-11-4-5-14-10(7-11)8-15(19-14)13(18)9-12-3-1-2-6-17-12/h1-8,13,18H,9H2. The lowest BCUT2D eigenvalue weighted by Gasteiger charge is -2.06. The van der Waals surface area contributed by atoms with Crippen LogP contribution < -0.4 is 0 Å². The van der Waals surface area contributed by atoms with E-state index in [-0.39, 0.29) is 5.82 Å². The monoisotopic (exact) mass is 273 g/mol. The number of benzene rings is 1. The van der Waals surface area contributed by atoms with Crippen molar-refractivity contribution >= 4 is 21.4 Å². The van der Waals surface area contributed by atoms with Crippen molar-refractivity contribution in [2.45, 2.75) is 12.5 Å². The maximum Gasteiger partial charge on any atom is 0.123 e. The molecule has 1 N–H and O–H groups in total. The first kappa shape index (κ1) is 12.3. The topological polar surface area (TPSA) is 33.1 Å². The van der Waals surface area contributed by atoms with Gasteiger partial charge in [0.15, 0.2) is 0 Å². The molecule has 0 radical (unpaired) electrons. The van der Waals surface area contributed by atoms with Crippen molar-refractivity contribution < 1.29 is 9.50 Å². The minimum absolute atomic E-state index is 0.254. The summed E-state index contributed by atoms with van der Waals surface area (Å²) in [5.41, 5.74) is 0.846. The van der Waals surface area contributed by atoms with Gasteiger partial charge in [-0.2, -0.15) is 0 Å². The highest BCUT2D eigenvalue weighted by Crippen LogP contribution is 2.31. The number of hydrogen-bond donors (Lipinski definition) is 1. The van der Waals surface area contributed by atoms with E-state index in [1.807, 2.05) is 24.3 Å². The molecule has 1 aromatic carbocycles. The second-order valence-corrected chi connectivity index (χ2v) is 5.49. The molecular formula is C15H12FNOS. The summed E-state index contributed by atoms with van der Waals surface area (Å²) in [5, 5.41) is 11.1. The van der Waals surface area contributed by atoms with Crippen LogP contribution in [0.4, 0.5) is 4.39 Å². The van der Waals surface area contributed by atoms with Crippen LogP contribution in [0.2, 0.25) is 0 Å². The molecule has 3 aromatic rings. The van der Waals surface area contributed by atoms with E-state index in [0.717, 1.165) is 20.7 Å². The third kappa shape index (κ3) is 2.64. The first-order valence-electron chi connectivity index (χ1n) is 5.99. The fraction of sp³-hybridized carbons (Fsp3) is 0.133. The van der Waals surface area contributed by atoms with E-state index in [9.17, 15) is 9.50 Å². The minimum Gasteiger partial charge on any atom is -0.387 e. The van der Waals surface area contributed by atoms with E-state index in [2.05, 4.69) is 4.98 Å². The van der Waals surface area contributed by atoms with Gasteiger partial charge in [-0.3, -0.25) is 4.98 Å². The highest BCUT2D eigenvalue weighted by Gasteiger charge is 2.13. The average Bonchev–Trinajstić information content (AvgIpc) is 2.83. The average molecular weight is 273 g/mol. The van der Waals surface area contributed by atoms with Crippen LogP contribution in [0, 0.1) is 5.82 Å². The van der Waals surface area contributed by atoms with Crippen molar-refractivity contribution in [3.05, 3.63) is 65.0 Å². The second-order valence-electron chi connectivity index (χ2n) is 4.37. The van der Waals surface area contributed by atoms with Crippen LogP contribution in [-0.2, 0) is 6.42 Å². The van der Waals surface area contributed by atoms with Crippen LogP contribution in [-0.4, -0.2) is 10.1 Å².